The third-order valence-electron chi connectivity index (χ3n) is 4.92. The summed E-state index contributed by atoms with van der Waals surface area (Å²) in [6, 6.07) is 18.3. The molecule has 7 heteroatoms. The molecule has 0 radical (unpaired) electrons. The number of nitrogens with one attached hydrogen (secondary N) is 1. The third-order valence-corrected chi connectivity index (χ3v) is 4.92. The largest absolute Gasteiger partial charge is 0.417 e. The summed E-state index contributed by atoms with van der Waals surface area (Å²) in [5.74, 6) is 0. The minimum atomic E-state index is -4.38. The first kappa shape index (κ1) is 21.6. The van der Waals surface area contributed by atoms with Gasteiger partial charge in [0.15, 0.2) is 0 Å². The Morgan fingerprint density at radius 1 is 0.933 bits per heavy atom. The number of anilines is 1. The highest BCUT2D eigenvalue weighted by atomic mass is 19.4. The van der Waals surface area contributed by atoms with Gasteiger partial charge in [0.2, 0.25) is 5.56 Å². The highest BCUT2D eigenvalue weighted by Gasteiger charge is 2.30. The van der Waals surface area contributed by atoms with Crippen LogP contribution in [-0.4, -0.2) is 23.2 Å². The Kier molecular flexibility index (Phi) is 6.95. The molecule has 1 saturated heterocycles. The Hall–Kier alpha value is -3.06. The van der Waals surface area contributed by atoms with Gasteiger partial charge in [0.25, 0.3) is 0 Å². The van der Waals surface area contributed by atoms with Crippen LogP contribution in [0.1, 0.15) is 24.0 Å². The van der Waals surface area contributed by atoms with Crippen LogP contribution in [-0.2, 0) is 12.8 Å². The lowest BCUT2D eigenvalue weighted by Crippen LogP contribution is -2.19. The molecule has 0 amide bonds. The van der Waals surface area contributed by atoms with Crippen molar-refractivity contribution in [2.24, 2.45) is 0 Å². The number of nitrogens with zero attached hydrogens (tertiary/aromatic N) is 1. The number of aromatic amines is 1. The van der Waals surface area contributed by atoms with Crippen molar-refractivity contribution in [3.8, 4) is 11.1 Å². The van der Waals surface area contributed by atoms with Gasteiger partial charge in [-0.3, -0.25) is 4.79 Å². The van der Waals surface area contributed by atoms with E-state index in [9.17, 15) is 23.1 Å². The second kappa shape index (κ2) is 9.63. The summed E-state index contributed by atoms with van der Waals surface area (Å²) >= 11 is 0. The fourth-order valence-electron chi connectivity index (χ4n) is 3.38. The minimum absolute atomic E-state index is 0.104. The molecular weight excluding hydrogens is 393 g/mol. The summed E-state index contributed by atoms with van der Waals surface area (Å²) in [7, 11) is 0. The highest BCUT2D eigenvalue weighted by Crippen LogP contribution is 2.30. The molecule has 0 spiro atoms. The first-order valence-electron chi connectivity index (χ1n) is 9.68. The van der Waals surface area contributed by atoms with E-state index < -0.39 is 17.3 Å². The molecule has 30 heavy (non-hydrogen) atoms. The molecule has 1 aliphatic heterocycles. The molecule has 2 aromatic carbocycles. The van der Waals surface area contributed by atoms with Gasteiger partial charge in [0.1, 0.15) is 0 Å². The first-order valence-corrected chi connectivity index (χ1v) is 9.68. The number of hydrogen-bond donors (Lipinski definition) is 2. The molecule has 2 heterocycles. The number of rotatable bonds is 3. The van der Waals surface area contributed by atoms with Crippen molar-refractivity contribution in [3.05, 3.63) is 88.3 Å². The van der Waals surface area contributed by atoms with Gasteiger partial charge in [0, 0.05) is 36.6 Å². The normalized spacial score (nSPS) is 13.7. The van der Waals surface area contributed by atoms with Gasteiger partial charge in [-0.05, 0) is 42.2 Å². The maximum atomic E-state index is 11.8. The van der Waals surface area contributed by atoms with Crippen LogP contribution < -0.4 is 10.5 Å². The van der Waals surface area contributed by atoms with Crippen LogP contribution in [0.3, 0.4) is 0 Å². The van der Waals surface area contributed by atoms with Gasteiger partial charge in [-0.25, -0.2) is 0 Å². The van der Waals surface area contributed by atoms with Crippen molar-refractivity contribution < 1.29 is 18.3 Å². The summed E-state index contributed by atoms with van der Waals surface area (Å²) in [5.41, 5.74) is 3.20. The molecule has 3 aromatic rings. The zero-order valence-electron chi connectivity index (χ0n) is 16.3. The van der Waals surface area contributed by atoms with E-state index in [1.54, 1.807) is 0 Å². The van der Waals surface area contributed by atoms with Crippen LogP contribution in [0.2, 0.25) is 0 Å². The standard InChI is InChI=1S/C17H19NO.C6H4F3NO/c19-13-16-12-15(14-6-2-1-3-7-14)8-9-17(16)18-10-4-5-11-18;7-6(8,9)4-1-2-5(11)10-3-4/h1-3,6-9,12,19H,4-5,10-11,13H2;1-3H,(H,10,11). The van der Waals surface area contributed by atoms with Gasteiger partial charge in [-0.1, -0.05) is 36.4 Å². The fraction of sp³-hybridized carbons (Fsp3) is 0.261. The van der Waals surface area contributed by atoms with Crippen LogP contribution in [0, 0.1) is 0 Å². The molecule has 0 atom stereocenters. The number of aromatic nitrogens is 1. The molecule has 0 aliphatic carbocycles. The Bertz CT molecular complexity index is 990. The lowest BCUT2D eigenvalue weighted by molar-refractivity contribution is -0.137. The van der Waals surface area contributed by atoms with E-state index in [-0.39, 0.29) is 6.61 Å². The molecule has 1 fully saturated rings. The highest BCUT2D eigenvalue weighted by molar-refractivity contribution is 5.69. The Labute approximate surface area is 172 Å². The van der Waals surface area contributed by atoms with Gasteiger partial charge < -0.3 is 15.0 Å². The van der Waals surface area contributed by atoms with Crippen LogP contribution in [0.4, 0.5) is 18.9 Å². The number of pyridine rings is 1. The molecule has 0 unspecified atom stereocenters. The topological polar surface area (TPSA) is 56.3 Å². The van der Waals surface area contributed by atoms with E-state index in [0.717, 1.165) is 30.8 Å². The SMILES string of the molecule is O=c1ccc(C(F)(F)F)c[nH]1.OCc1cc(-c2ccccc2)ccc1N1CCCC1. The lowest BCUT2D eigenvalue weighted by Gasteiger charge is -2.21. The Morgan fingerprint density at radius 3 is 2.20 bits per heavy atom. The Morgan fingerprint density at radius 2 is 1.63 bits per heavy atom. The molecule has 2 N–H and O–H groups in total. The third kappa shape index (κ3) is 5.51. The predicted octanol–water partition coefficient (Wildman–Crippen LogP) is 4.84. The number of H-pyrrole nitrogens is 1. The van der Waals surface area contributed by atoms with E-state index in [0.29, 0.717) is 6.20 Å². The molecular formula is C23H23F3N2O2. The smallest absolute Gasteiger partial charge is 0.392 e. The second-order valence-corrected chi connectivity index (χ2v) is 7.00. The van der Waals surface area contributed by atoms with Gasteiger partial charge in [-0.15, -0.1) is 0 Å². The number of aliphatic hydroxyl groups is 1. The molecule has 0 saturated carbocycles. The van der Waals surface area contributed by atoms with Gasteiger partial charge in [0.05, 0.1) is 12.2 Å². The van der Waals surface area contributed by atoms with Crippen LogP contribution >= 0.6 is 0 Å². The number of benzene rings is 2. The van der Waals surface area contributed by atoms with Gasteiger partial charge >= 0.3 is 6.18 Å². The maximum Gasteiger partial charge on any atom is 0.417 e. The number of halogens is 3. The summed E-state index contributed by atoms with van der Waals surface area (Å²) in [6.45, 7) is 2.32. The number of aliphatic hydroxyl groups excluding tert-OH is 1. The Balaban J connectivity index is 0.000000199. The first-order chi connectivity index (χ1) is 14.4. The van der Waals surface area contributed by atoms with Crippen molar-refractivity contribution >= 4 is 5.69 Å². The van der Waals surface area contributed by atoms with Crippen molar-refractivity contribution in [1.82, 2.24) is 4.98 Å². The fourth-order valence-corrected chi connectivity index (χ4v) is 3.38. The summed E-state index contributed by atoms with van der Waals surface area (Å²) in [5, 5.41) is 9.62. The molecule has 1 aromatic heterocycles. The van der Waals surface area contributed by atoms with E-state index in [1.165, 1.54) is 29.7 Å². The summed E-state index contributed by atoms with van der Waals surface area (Å²) in [4.78, 5) is 14.6. The monoisotopic (exact) mass is 416 g/mol. The van der Waals surface area contributed by atoms with E-state index in [1.807, 2.05) is 23.2 Å². The lowest BCUT2D eigenvalue weighted by atomic mass is 10.0. The molecule has 4 rings (SSSR count). The van der Waals surface area contributed by atoms with E-state index in [4.69, 9.17) is 0 Å². The zero-order chi connectivity index (χ0) is 21.6. The predicted molar refractivity (Wildman–Crippen MR) is 111 cm³/mol. The van der Waals surface area contributed by atoms with E-state index in [2.05, 4.69) is 35.2 Å². The van der Waals surface area contributed by atoms with Crippen molar-refractivity contribution in [2.75, 3.05) is 18.0 Å². The maximum absolute atomic E-state index is 11.8. The van der Waals surface area contributed by atoms with Crippen LogP contribution in [0.25, 0.3) is 11.1 Å². The molecule has 0 bridgehead atoms. The number of hydrogen-bond acceptors (Lipinski definition) is 3. The van der Waals surface area contributed by atoms with E-state index >= 15 is 0 Å². The average Bonchev–Trinajstić information content (AvgIpc) is 3.29. The number of alkyl halides is 3. The van der Waals surface area contributed by atoms with Crippen molar-refractivity contribution in [1.29, 1.82) is 0 Å². The second-order valence-electron chi connectivity index (χ2n) is 7.00. The van der Waals surface area contributed by atoms with Crippen LogP contribution in [0.15, 0.2) is 71.7 Å². The van der Waals surface area contributed by atoms with Crippen molar-refractivity contribution in [3.63, 3.8) is 0 Å². The summed E-state index contributed by atoms with van der Waals surface area (Å²) in [6.07, 6.45) is -1.23. The van der Waals surface area contributed by atoms with Crippen LogP contribution in [0.5, 0.6) is 0 Å². The van der Waals surface area contributed by atoms with Gasteiger partial charge in [-0.2, -0.15) is 13.2 Å². The average molecular weight is 416 g/mol. The zero-order valence-corrected chi connectivity index (χ0v) is 16.3. The molecule has 4 nitrogen and oxygen atoms in total. The van der Waals surface area contributed by atoms with Crippen molar-refractivity contribution in [2.45, 2.75) is 25.6 Å². The minimum Gasteiger partial charge on any atom is -0.392 e. The summed E-state index contributed by atoms with van der Waals surface area (Å²) < 4.78 is 35.4. The molecule has 1 aliphatic rings. The molecule has 158 valence electrons. The quantitative estimate of drug-likeness (QED) is 0.642.